The van der Waals surface area contributed by atoms with Crippen molar-refractivity contribution in [3.8, 4) is 11.5 Å². The van der Waals surface area contributed by atoms with E-state index < -0.39 is 5.97 Å². The van der Waals surface area contributed by atoms with Gasteiger partial charge in [0.15, 0.2) is 0 Å². The van der Waals surface area contributed by atoms with E-state index in [1.165, 1.54) is 6.20 Å². The van der Waals surface area contributed by atoms with E-state index in [0.29, 0.717) is 12.5 Å². The zero-order chi connectivity index (χ0) is 13.2. The van der Waals surface area contributed by atoms with E-state index in [2.05, 4.69) is 10.1 Å². The first kappa shape index (κ1) is 11.5. The maximum atomic E-state index is 11.5. The largest absolute Gasteiger partial charge is 0.460 e. The molecule has 0 N–H and O–H groups in total. The predicted octanol–water partition coefficient (Wildman–Crippen LogP) is 2.17. The molecule has 3 aromatic rings. The second kappa shape index (κ2) is 4.56. The number of esters is 1. The van der Waals surface area contributed by atoms with Crippen LogP contribution in [0.2, 0.25) is 0 Å². The van der Waals surface area contributed by atoms with Gasteiger partial charge in [0.05, 0.1) is 18.3 Å². The normalized spacial score (nSPS) is 10.8. The van der Waals surface area contributed by atoms with Crippen molar-refractivity contribution in [2.75, 3.05) is 6.61 Å². The van der Waals surface area contributed by atoms with Gasteiger partial charge in [-0.2, -0.15) is 5.10 Å². The van der Waals surface area contributed by atoms with Crippen LogP contribution < -0.4 is 0 Å². The van der Waals surface area contributed by atoms with Crippen LogP contribution >= 0.6 is 0 Å². The number of aromatic nitrogens is 3. The number of pyridine rings is 1. The van der Waals surface area contributed by atoms with Crippen molar-refractivity contribution in [2.45, 2.75) is 6.92 Å². The van der Waals surface area contributed by atoms with E-state index in [1.807, 2.05) is 18.2 Å². The molecule has 0 unspecified atom stereocenters. The molecular formula is C13H11N3O3. The van der Waals surface area contributed by atoms with Gasteiger partial charge in [-0.3, -0.25) is 0 Å². The highest BCUT2D eigenvalue weighted by Crippen LogP contribution is 2.21. The van der Waals surface area contributed by atoms with Crippen LogP contribution in [-0.4, -0.2) is 27.2 Å². The van der Waals surface area contributed by atoms with Crippen LogP contribution in [0.25, 0.3) is 17.0 Å². The van der Waals surface area contributed by atoms with Crippen molar-refractivity contribution in [3.63, 3.8) is 0 Å². The number of rotatable bonds is 3. The summed E-state index contributed by atoms with van der Waals surface area (Å²) in [7, 11) is 0. The van der Waals surface area contributed by atoms with Crippen molar-refractivity contribution < 1.29 is 13.9 Å². The molecule has 3 aromatic heterocycles. The van der Waals surface area contributed by atoms with E-state index >= 15 is 0 Å². The Bertz CT molecular complexity index is 729. The Morgan fingerprint density at radius 1 is 1.47 bits per heavy atom. The molecule has 0 bridgehead atoms. The molecule has 19 heavy (non-hydrogen) atoms. The average molecular weight is 257 g/mol. The van der Waals surface area contributed by atoms with Crippen LogP contribution in [0.4, 0.5) is 0 Å². The third kappa shape index (κ3) is 2.08. The molecule has 0 saturated heterocycles. The maximum Gasteiger partial charge on any atom is 0.375 e. The lowest BCUT2D eigenvalue weighted by Crippen LogP contribution is -2.02. The van der Waals surface area contributed by atoms with Crippen LogP contribution in [-0.2, 0) is 4.74 Å². The van der Waals surface area contributed by atoms with Gasteiger partial charge in [0.1, 0.15) is 0 Å². The van der Waals surface area contributed by atoms with E-state index in [0.717, 1.165) is 11.1 Å². The molecule has 6 heteroatoms. The fourth-order valence-corrected chi connectivity index (χ4v) is 1.76. The molecule has 0 aliphatic carbocycles. The average Bonchev–Trinajstić information content (AvgIpc) is 3.07. The number of carbonyl (C=O) groups is 1. The predicted molar refractivity (Wildman–Crippen MR) is 66.6 cm³/mol. The second-order valence-corrected chi connectivity index (χ2v) is 3.87. The fourth-order valence-electron chi connectivity index (χ4n) is 1.76. The summed E-state index contributed by atoms with van der Waals surface area (Å²) < 4.78 is 12.0. The highest BCUT2D eigenvalue weighted by molar-refractivity contribution is 5.86. The van der Waals surface area contributed by atoms with Crippen LogP contribution in [0.15, 0.2) is 41.2 Å². The van der Waals surface area contributed by atoms with Crippen molar-refractivity contribution >= 4 is 11.5 Å². The van der Waals surface area contributed by atoms with Crippen molar-refractivity contribution in [2.24, 2.45) is 0 Å². The molecule has 0 atom stereocenters. The number of hydrogen-bond acceptors (Lipinski definition) is 5. The van der Waals surface area contributed by atoms with Gasteiger partial charge < -0.3 is 9.15 Å². The van der Waals surface area contributed by atoms with E-state index in [1.54, 1.807) is 23.8 Å². The van der Waals surface area contributed by atoms with E-state index in [-0.39, 0.29) is 5.76 Å². The third-order valence-corrected chi connectivity index (χ3v) is 2.63. The summed E-state index contributed by atoms with van der Waals surface area (Å²) in [6.45, 7) is 2.04. The molecule has 0 radical (unpaired) electrons. The smallest absolute Gasteiger partial charge is 0.375 e. The number of nitrogens with zero attached hydrogens (tertiary/aromatic N) is 3. The molecule has 0 saturated carbocycles. The first-order chi connectivity index (χ1) is 9.28. The molecular weight excluding hydrogens is 246 g/mol. The van der Waals surface area contributed by atoms with Gasteiger partial charge >= 0.3 is 5.97 Å². The Morgan fingerprint density at radius 3 is 3.21 bits per heavy atom. The molecule has 3 rings (SSSR count). The molecule has 0 aromatic carbocycles. The van der Waals surface area contributed by atoms with Gasteiger partial charge in [-0.05, 0) is 25.1 Å². The molecule has 0 aliphatic rings. The zero-order valence-corrected chi connectivity index (χ0v) is 10.2. The van der Waals surface area contributed by atoms with Gasteiger partial charge in [-0.1, -0.05) is 0 Å². The number of oxazole rings is 1. The van der Waals surface area contributed by atoms with E-state index in [4.69, 9.17) is 9.15 Å². The molecule has 96 valence electrons. The van der Waals surface area contributed by atoms with Crippen molar-refractivity contribution in [3.05, 3.63) is 42.5 Å². The third-order valence-electron chi connectivity index (χ3n) is 2.63. The monoisotopic (exact) mass is 257 g/mol. The van der Waals surface area contributed by atoms with E-state index in [9.17, 15) is 4.79 Å². The Labute approximate surface area is 108 Å². The Hall–Kier alpha value is -2.63. The first-order valence-corrected chi connectivity index (χ1v) is 5.84. The minimum absolute atomic E-state index is 0.102. The Kier molecular flexibility index (Phi) is 2.75. The highest BCUT2D eigenvalue weighted by Gasteiger charge is 2.14. The number of ether oxygens (including phenoxy) is 1. The molecule has 3 heterocycles. The van der Waals surface area contributed by atoms with Crippen LogP contribution in [0, 0.1) is 0 Å². The highest BCUT2D eigenvalue weighted by atomic mass is 16.5. The summed E-state index contributed by atoms with van der Waals surface area (Å²) in [5, 5.41) is 4.10. The van der Waals surface area contributed by atoms with Gasteiger partial charge in [-0.15, -0.1) is 0 Å². The Balaban J connectivity index is 1.95. The summed E-state index contributed by atoms with van der Waals surface area (Å²) >= 11 is 0. The lowest BCUT2D eigenvalue weighted by Gasteiger charge is -1.98. The van der Waals surface area contributed by atoms with Crippen molar-refractivity contribution in [1.82, 2.24) is 14.6 Å². The summed E-state index contributed by atoms with van der Waals surface area (Å²) in [4.78, 5) is 15.6. The number of carbonyl (C=O) groups excluding carboxylic acids is 1. The number of fused-ring (bicyclic) bond motifs is 1. The minimum atomic E-state index is -0.508. The van der Waals surface area contributed by atoms with Gasteiger partial charge in [0.25, 0.3) is 0 Å². The van der Waals surface area contributed by atoms with Gasteiger partial charge in [-0.25, -0.2) is 14.3 Å². The fraction of sp³-hybridized carbons (Fsp3) is 0.154. The minimum Gasteiger partial charge on any atom is -0.460 e. The van der Waals surface area contributed by atoms with Crippen LogP contribution in [0.5, 0.6) is 0 Å². The number of hydrogen-bond donors (Lipinski definition) is 0. The molecule has 0 amide bonds. The molecule has 6 nitrogen and oxygen atoms in total. The molecule has 0 spiro atoms. The van der Waals surface area contributed by atoms with Crippen LogP contribution in [0.3, 0.4) is 0 Å². The maximum absolute atomic E-state index is 11.5. The van der Waals surface area contributed by atoms with Gasteiger partial charge in [0.2, 0.25) is 11.7 Å². The summed E-state index contributed by atoms with van der Waals surface area (Å²) in [5.74, 6) is -0.0244. The Morgan fingerprint density at radius 2 is 2.37 bits per heavy atom. The zero-order valence-electron chi connectivity index (χ0n) is 10.2. The molecule has 0 fully saturated rings. The standard InChI is InChI=1S/C13H11N3O3/c1-2-18-13(17)11-8-14-12(19-11)9-4-6-16-10(7-9)3-5-15-16/h3-8H,2H2,1H3. The van der Waals surface area contributed by atoms with Crippen molar-refractivity contribution in [1.29, 1.82) is 0 Å². The molecule has 0 aliphatic heterocycles. The first-order valence-electron chi connectivity index (χ1n) is 5.84. The quantitative estimate of drug-likeness (QED) is 0.672. The lowest BCUT2D eigenvalue weighted by molar-refractivity contribution is 0.0491. The summed E-state index contributed by atoms with van der Waals surface area (Å²) in [5.41, 5.74) is 1.71. The SMILES string of the molecule is CCOC(=O)c1cnc(-c2ccn3nccc3c2)o1. The van der Waals surface area contributed by atoms with Gasteiger partial charge in [0, 0.05) is 18.0 Å². The summed E-state index contributed by atoms with van der Waals surface area (Å²) in [6.07, 6.45) is 4.88. The summed E-state index contributed by atoms with van der Waals surface area (Å²) in [6, 6.07) is 5.58. The topological polar surface area (TPSA) is 69.6 Å². The second-order valence-electron chi connectivity index (χ2n) is 3.87. The lowest BCUT2D eigenvalue weighted by atomic mass is 10.2. The van der Waals surface area contributed by atoms with Crippen LogP contribution in [0.1, 0.15) is 17.5 Å².